The second-order valence-corrected chi connectivity index (χ2v) is 4.61. The summed E-state index contributed by atoms with van der Waals surface area (Å²) >= 11 is 0. The molecule has 1 aromatic rings. The van der Waals surface area contributed by atoms with Crippen molar-refractivity contribution in [3.63, 3.8) is 0 Å². The van der Waals surface area contributed by atoms with Gasteiger partial charge in [0.1, 0.15) is 11.5 Å². The molecule has 1 heterocycles. The van der Waals surface area contributed by atoms with Crippen molar-refractivity contribution in [3.8, 4) is 0 Å². The summed E-state index contributed by atoms with van der Waals surface area (Å²) in [6.45, 7) is 4.95. The molecule has 17 heavy (non-hydrogen) atoms. The van der Waals surface area contributed by atoms with E-state index in [0.717, 1.165) is 13.0 Å². The van der Waals surface area contributed by atoms with E-state index in [-0.39, 0.29) is 11.7 Å². The van der Waals surface area contributed by atoms with Crippen LogP contribution in [0.15, 0.2) is 12.1 Å². The van der Waals surface area contributed by atoms with Crippen molar-refractivity contribution in [3.05, 3.63) is 29.3 Å². The molecule has 94 valence electrons. The summed E-state index contributed by atoms with van der Waals surface area (Å²) in [5, 5.41) is 2.93. The molecule has 2 atom stereocenters. The molecule has 2 rings (SSSR count). The Labute approximate surface area is 100.0 Å². The van der Waals surface area contributed by atoms with Crippen LogP contribution in [0.4, 0.5) is 14.5 Å². The highest BCUT2D eigenvalue weighted by molar-refractivity contribution is 5.49. The highest BCUT2D eigenvalue weighted by Gasteiger charge is 2.24. The normalized spacial score (nSPS) is 21.5. The maximum atomic E-state index is 13.8. The molecule has 2 nitrogen and oxygen atoms in total. The molecule has 0 bridgehead atoms. The molecule has 1 fully saturated rings. The third kappa shape index (κ3) is 2.57. The van der Waals surface area contributed by atoms with Crippen LogP contribution in [0.1, 0.15) is 18.9 Å². The van der Waals surface area contributed by atoms with Crippen LogP contribution in [0.5, 0.6) is 0 Å². The summed E-state index contributed by atoms with van der Waals surface area (Å²) < 4.78 is 32.6. The average Bonchev–Trinajstić information content (AvgIpc) is 2.83. The van der Waals surface area contributed by atoms with E-state index >= 15 is 0 Å². The van der Waals surface area contributed by atoms with Crippen molar-refractivity contribution in [1.29, 1.82) is 0 Å². The number of halogens is 2. The smallest absolute Gasteiger partial charge is 0.152 e. The van der Waals surface area contributed by atoms with Gasteiger partial charge in [-0.3, -0.25) is 0 Å². The number of aryl methyl sites for hydroxylation is 1. The Kier molecular flexibility index (Phi) is 3.62. The number of hydrogen-bond donors (Lipinski definition) is 1. The van der Waals surface area contributed by atoms with Gasteiger partial charge in [0.25, 0.3) is 0 Å². The fourth-order valence-electron chi connectivity index (χ4n) is 2.08. The van der Waals surface area contributed by atoms with Crippen LogP contribution in [0.25, 0.3) is 0 Å². The third-order valence-corrected chi connectivity index (χ3v) is 3.33. The van der Waals surface area contributed by atoms with E-state index in [0.29, 0.717) is 18.1 Å². The zero-order valence-corrected chi connectivity index (χ0v) is 10.1. The highest BCUT2D eigenvalue weighted by Crippen LogP contribution is 2.25. The first kappa shape index (κ1) is 12.3. The Morgan fingerprint density at radius 1 is 1.41 bits per heavy atom. The lowest BCUT2D eigenvalue weighted by Gasteiger charge is -2.21. The lowest BCUT2D eigenvalue weighted by atomic mass is 10.0. The Bertz CT molecular complexity index is 403. The largest absolute Gasteiger partial charge is 0.381 e. The molecule has 0 aliphatic carbocycles. The van der Waals surface area contributed by atoms with Gasteiger partial charge >= 0.3 is 0 Å². The van der Waals surface area contributed by atoms with Crippen LogP contribution < -0.4 is 5.32 Å². The van der Waals surface area contributed by atoms with Gasteiger partial charge in [0, 0.05) is 18.6 Å². The number of nitrogens with one attached hydrogen (secondary N) is 1. The van der Waals surface area contributed by atoms with Gasteiger partial charge in [-0.1, -0.05) is 6.07 Å². The lowest BCUT2D eigenvalue weighted by molar-refractivity contribution is 0.183. The average molecular weight is 241 g/mol. The van der Waals surface area contributed by atoms with Crippen LogP contribution in [-0.2, 0) is 4.74 Å². The molecule has 4 heteroatoms. The zero-order valence-electron chi connectivity index (χ0n) is 10.1. The van der Waals surface area contributed by atoms with Crippen LogP contribution in [-0.4, -0.2) is 19.3 Å². The van der Waals surface area contributed by atoms with Gasteiger partial charge in [0.15, 0.2) is 5.82 Å². The molecule has 1 aromatic carbocycles. The number of rotatable bonds is 3. The summed E-state index contributed by atoms with van der Waals surface area (Å²) in [4.78, 5) is 0. The summed E-state index contributed by atoms with van der Waals surface area (Å²) in [6, 6.07) is 2.74. The van der Waals surface area contributed by atoms with Crippen LogP contribution in [0.2, 0.25) is 0 Å². The van der Waals surface area contributed by atoms with E-state index < -0.39 is 11.6 Å². The van der Waals surface area contributed by atoms with Gasteiger partial charge < -0.3 is 10.1 Å². The summed E-state index contributed by atoms with van der Waals surface area (Å²) in [5.41, 5.74) is 0.424. The van der Waals surface area contributed by atoms with E-state index in [1.807, 2.05) is 6.92 Å². The van der Waals surface area contributed by atoms with Gasteiger partial charge in [-0.15, -0.1) is 0 Å². The van der Waals surface area contributed by atoms with Crippen molar-refractivity contribution in [2.45, 2.75) is 26.3 Å². The van der Waals surface area contributed by atoms with E-state index in [9.17, 15) is 8.78 Å². The predicted octanol–water partition coefficient (Wildman–Crippen LogP) is 3.11. The van der Waals surface area contributed by atoms with Gasteiger partial charge in [0.05, 0.1) is 6.61 Å². The maximum absolute atomic E-state index is 13.8. The molecular weight excluding hydrogens is 224 g/mol. The van der Waals surface area contributed by atoms with Gasteiger partial charge in [-0.2, -0.15) is 0 Å². The van der Waals surface area contributed by atoms with Gasteiger partial charge in [0.2, 0.25) is 0 Å². The molecule has 1 aliphatic rings. The minimum absolute atomic E-state index is 0.00306. The summed E-state index contributed by atoms with van der Waals surface area (Å²) in [5.74, 6) is -0.732. The molecule has 2 unspecified atom stereocenters. The minimum Gasteiger partial charge on any atom is -0.381 e. The fraction of sp³-hybridized carbons (Fsp3) is 0.538. The van der Waals surface area contributed by atoms with Gasteiger partial charge in [-0.05, 0) is 31.9 Å². The zero-order chi connectivity index (χ0) is 12.4. The van der Waals surface area contributed by atoms with Gasteiger partial charge in [-0.25, -0.2) is 8.78 Å². The van der Waals surface area contributed by atoms with Crippen LogP contribution in [0.3, 0.4) is 0 Å². The molecule has 1 aliphatic heterocycles. The lowest BCUT2D eigenvalue weighted by Crippen LogP contribution is -2.27. The quantitative estimate of drug-likeness (QED) is 0.878. The molecule has 0 spiro atoms. The molecular formula is C13H17F2NO. The number of benzene rings is 1. The SMILES string of the molecule is Cc1ccc(F)c(NC(C)C2CCOC2)c1F. The summed E-state index contributed by atoms with van der Waals surface area (Å²) in [7, 11) is 0. The number of hydrogen-bond acceptors (Lipinski definition) is 2. The minimum atomic E-state index is -0.543. The maximum Gasteiger partial charge on any atom is 0.152 e. The highest BCUT2D eigenvalue weighted by atomic mass is 19.1. The summed E-state index contributed by atoms with van der Waals surface area (Å²) in [6.07, 6.45) is 0.934. The van der Waals surface area contributed by atoms with Crippen molar-refractivity contribution in [2.24, 2.45) is 5.92 Å². The standard InChI is InChI=1S/C13H17F2NO/c1-8-3-4-11(14)13(12(8)15)16-9(2)10-5-6-17-7-10/h3-4,9-10,16H,5-7H2,1-2H3. The fourth-order valence-corrected chi connectivity index (χ4v) is 2.08. The monoisotopic (exact) mass is 241 g/mol. The molecule has 0 radical (unpaired) electrons. The Morgan fingerprint density at radius 2 is 2.18 bits per heavy atom. The molecule has 1 saturated heterocycles. The molecule has 0 amide bonds. The first-order chi connectivity index (χ1) is 8.09. The molecule has 1 N–H and O–H groups in total. The van der Waals surface area contributed by atoms with E-state index in [1.54, 1.807) is 6.92 Å². The Morgan fingerprint density at radius 3 is 2.82 bits per heavy atom. The predicted molar refractivity (Wildman–Crippen MR) is 63.1 cm³/mol. The first-order valence-electron chi connectivity index (χ1n) is 5.88. The van der Waals surface area contributed by atoms with E-state index in [1.165, 1.54) is 12.1 Å². The number of ether oxygens (including phenoxy) is 1. The Balaban J connectivity index is 2.14. The van der Waals surface area contributed by atoms with E-state index in [4.69, 9.17) is 4.74 Å². The molecule has 0 aromatic heterocycles. The Hall–Kier alpha value is -1.16. The second kappa shape index (κ2) is 5.00. The topological polar surface area (TPSA) is 21.3 Å². The number of anilines is 1. The van der Waals surface area contributed by atoms with Crippen LogP contribution in [0, 0.1) is 24.5 Å². The second-order valence-electron chi connectivity index (χ2n) is 4.61. The van der Waals surface area contributed by atoms with Crippen molar-refractivity contribution in [2.75, 3.05) is 18.5 Å². The van der Waals surface area contributed by atoms with E-state index in [2.05, 4.69) is 5.32 Å². The molecule has 0 saturated carbocycles. The van der Waals surface area contributed by atoms with Crippen molar-refractivity contribution in [1.82, 2.24) is 0 Å². The first-order valence-corrected chi connectivity index (χ1v) is 5.88. The third-order valence-electron chi connectivity index (χ3n) is 3.33. The van der Waals surface area contributed by atoms with Crippen molar-refractivity contribution < 1.29 is 13.5 Å². The van der Waals surface area contributed by atoms with Crippen molar-refractivity contribution >= 4 is 5.69 Å². The van der Waals surface area contributed by atoms with Crippen LogP contribution >= 0.6 is 0 Å².